The summed E-state index contributed by atoms with van der Waals surface area (Å²) in [4.78, 5) is 60.9. The summed E-state index contributed by atoms with van der Waals surface area (Å²) in [6, 6.07) is 12.5. The number of imide groups is 1. The molecule has 0 spiro atoms. The molecule has 2 aliphatic heterocycles. The van der Waals surface area contributed by atoms with Gasteiger partial charge in [-0.2, -0.15) is 0 Å². The van der Waals surface area contributed by atoms with Crippen LogP contribution in [0.2, 0.25) is 0 Å². The first-order valence-electron chi connectivity index (χ1n) is 11.2. The van der Waals surface area contributed by atoms with E-state index in [4.69, 9.17) is 14.3 Å². The number of carbonyl (C=O) groups is 4. The molecule has 11 heteroatoms. The SMILES string of the molecule is CCOC(=O)c1sc(N2C(=O)[C@@H]3[C@H](ON(c4ccccc4)[C@@H]3c3cccs3)C2=O)c(C(=O)OC)c1C. The fourth-order valence-corrected chi connectivity index (χ4v) is 6.60. The van der Waals surface area contributed by atoms with E-state index in [1.165, 1.54) is 18.4 Å². The van der Waals surface area contributed by atoms with Gasteiger partial charge in [-0.25, -0.2) is 19.6 Å². The van der Waals surface area contributed by atoms with Crippen molar-refractivity contribution in [1.82, 2.24) is 0 Å². The lowest BCUT2D eigenvalue weighted by molar-refractivity contribution is -0.126. The third-order valence-corrected chi connectivity index (χ3v) is 8.34. The van der Waals surface area contributed by atoms with Gasteiger partial charge in [0.2, 0.25) is 5.91 Å². The molecule has 186 valence electrons. The molecule has 0 aliphatic carbocycles. The molecule has 0 unspecified atom stereocenters. The average Bonchev–Trinajstić information content (AvgIpc) is 3.64. The van der Waals surface area contributed by atoms with Crippen LogP contribution in [0.3, 0.4) is 0 Å². The van der Waals surface area contributed by atoms with Crippen molar-refractivity contribution in [2.24, 2.45) is 5.92 Å². The molecule has 2 aliphatic rings. The predicted octanol–water partition coefficient (Wildman–Crippen LogP) is 4.13. The molecule has 1 aromatic carbocycles. The summed E-state index contributed by atoms with van der Waals surface area (Å²) in [5, 5.41) is 3.54. The predicted molar refractivity (Wildman–Crippen MR) is 133 cm³/mol. The maximum Gasteiger partial charge on any atom is 0.348 e. The molecular weight excluding hydrogens is 504 g/mol. The second-order valence-corrected chi connectivity index (χ2v) is 10.1. The number of hydrogen-bond acceptors (Lipinski definition) is 10. The van der Waals surface area contributed by atoms with E-state index in [9.17, 15) is 19.2 Å². The van der Waals surface area contributed by atoms with E-state index < -0.39 is 41.8 Å². The summed E-state index contributed by atoms with van der Waals surface area (Å²) in [7, 11) is 1.20. The van der Waals surface area contributed by atoms with E-state index in [1.54, 1.807) is 18.9 Å². The van der Waals surface area contributed by atoms with Gasteiger partial charge < -0.3 is 9.47 Å². The summed E-state index contributed by atoms with van der Waals surface area (Å²) < 4.78 is 10.0. The first-order chi connectivity index (χ1) is 17.4. The van der Waals surface area contributed by atoms with Gasteiger partial charge >= 0.3 is 11.9 Å². The summed E-state index contributed by atoms with van der Waals surface area (Å²) in [6.07, 6.45) is -1.09. The van der Waals surface area contributed by atoms with E-state index in [2.05, 4.69) is 0 Å². The van der Waals surface area contributed by atoms with Crippen molar-refractivity contribution in [3.8, 4) is 0 Å². The van der Waals surface area contributed by atoms with E-state index in [-0.39, 0.29) is 22.0 Å². The maximum atomic E-state index is 13.9. The van der Waals surface area contributed by atoms with Crippen LogP contribution in [0.1, 0.15) is 43.4 Å². The lowest BCUT2D eigenvalue weighted by atomic mass is 9.95. The van der Waals surface area contributed by atoms with Crippen LogP contribution >= 0.6 is 22.7 Å². The van der Waals surface area contributed by atoms with Gasteiger partial charge in [-0.05, 0) is 43.0 Å². The number of hydroxylamine groups is 1. The Morgan fingerprint density at radius 3 is 2.44 bits per heavy atom. The van der Waals surface area contributed by atoms with Crippen molar-refractivity contribution < 1.29 is 33.5 Å². The Morgan fingerprint density at radius 2 is 1.81 bits per heavy atom. The number of anilines is 2. The van der Waals surface area contributed by atoms with E-state index in [1.807, 2.05) is 47.8 Å². The van der Waals surface area contributed by atoms with Gasteiger partial charge in [0.1, 0.15) is 21.8 Å². The van der Waals surface area contributed by atoms with Crippen LogP contribution in [0.5, 0.6) is 0 Å². The van der Waals surface area contributed by atoms with Gasteiger partial charge in [0, 0.05) is 4.88 Å². The van der Waals surface area contributed by atoms with E-state index >= 15 is 0 Å². The molecule has 0 N–H and O–H groups in total. The molecule has 2 amide bonds. The van der Waals surface area contributed by atoms with Crippen molar-refractivity contribution in [3.63, 3.8) is 0 Å². The molecule has 3 atom stereocenters. The third-order valence-electron chi connectivity index (χ3n) is 6.14. The van der Waals surface area contributed by atoms with Crippen molar-refractivity contribution in [1.29, 1.82) is 0 Å². The Labute approximate surface area is 214 Å². The lowest BCUT2D eigenvalue weighted by Gasteiger charge is -2.27. The number of hydrogen-bond donors (Lipinski definition) is 0. The molecule has 36 heavy (non-hydrogen) atoms. The number of fused-ring (bicyclic) bond motifs is 1. The quantitative estimate of drug-likeness (QED) is 0.349. The molecule has 9 nitrogen and oxygen atoms in total. The summed E-state index contributed by atoms with van der Waals surface area (Å²) in [6.45, 7) is 3.36. The lowest BCUT2D eigenvalue weighted by Crippen LogP contribution is -2.37. The molecule has 0 saturated carbocycles. The fraction of sp³-hybridized carbons (Fsp3) is 0.280. The molecular formula is C25H22N2O7S2. The van der Waals surface area contributed by atoms with Crippen molar-refractivity contribution in [3.05, 3.63) is 68.7 Å². The molecule has 0 bridgehead atoms. The van der Waals surface area contributed by atoms with Crippen LogP contribution < -0.4 is 9.96 Å². The summed E-state index contributed by atoms with van der Waals surface area (Å²) in [5.74, 6) is -3.36. The van der Waals surface area contributed by atoms with Crippen LogP contribution in [0.4, 0.5) is 10.7 Å². The highest BCUT2D eigenvalue weighted by Crippen LogP contribution is 2.50. The number of para-hydroxylation sites is 1. The summed E-state index contributed by atoms with van der Waals surface area (Å²) >= 11 is 2.32. The Kier molecular flexibility index (Phi) is 6.37. The minimum absolute atomic E-state index is 0.0141. The largest absolute Gasteiger partial charge is 0.465 e. The number of methoxy groups -OCH3 is 1. The topological polar surface area (TPSA) is 102 Å². The average molecular weight is 527 g/mol. The smallest absolute Gasteiger partial charge is 0.348 e. The Balaban J connectivity index is 1.59. The van der Waals surface area contributed by atoms with Crippen LogP contribution in [0.15, 0.2) is 47.8 Å². The van der Waals surface area contributed by atoms with Gasteiger partial charge in [-0.3, -0.25) is 14.4 Å². The zero-order chi connectivity index (χ0) is 25.6. The highest BCUT2D eigenvalue weighted by molar-refractivity contribution is 7.19. The van der Waals surface area contributed by atoms with Crippen molar-refractivity contribution >= 4 is 57.1 Å². The van der Waals surface area contributed by atoms with Crippen molar-refractivity contribution in [2.45, 2.75) is 26.0 Å². The highest BCUT2D eigenvalue weighted by atomic mass is 32.1. The number of thiophene rings is 2. The monoisotopic (exact) mass is 526 g/mol. The Morgan fingerprint density at radius 1 is 1.06 bits per heavy atom. The fourth-order valence-electron chi connectivity index (χ4n) is 4.55. The van der Waals surface area contributed by atoms with Crippen LogP contribution in [0.25, 0.3) is 0 Å². The molecule has 2 saturated heterocycles. The molecule has 2 aromatic heterocycles. The standard InChI is InChI=1S/C25H22N2O7S2/c1-4-33-25(31)20-13(2)16(24(30)32-3)23(36-20)26-21(28)17-18(15-11-8-12-35-15)27(34-19(17)22(26)29)14-9-6-5-7-10-14/h5-12,17-19H,4H2,1-3H3/t17-,18+,19-/m0/s1. The first-order valence-corrected chi connectivity index (χ1v) is 12.9. The maximum absolute atomic E-state index is 13.9. The minimum Gasteiger partial charge on any atom is -0.465 e. The molecule has 2 fully saturated rings. The van der Waals surface area contributed by atoms with Crippen LogP contribution in [0, 0.1) is 12.8 Å². The van der Waals surface area contributed by atoms with Gasteiger partial charge in [-0.15, -0.1) is 22.7 Å². The minimum atomic E-state index is -1.09. The zero-order valence-corrected chi connectivity index (χ0v) is 21.3. The number of rotatable bonds is 6. The van der Waals surface area contributed by atoms with Gasteiger partial charge in [-0.1, -0.05) is 24.3 Å². The van der Waals surface area contributed by atoms with E-state index in [0.717, 1.165) is 21.1 Å². The first kappa shape index (κ1) is 24.2. The molecule has 4 heterocycles. The van der Waals surface area contributed by atoms with Crippen LogP contribution in [-0.2, 0) is 23.9 Å². The van der Waals surface area contributed by atoms with Gasteiger partial charge in [0.15, 0.2) is 6.10 Å². The number of nitrogens with zero attached hydrogens (tertiary/aromatic N) is 2. The molecule has 3 aromatic rings. The number of ether oxygens (including phenoxy) is 2. The van der Waals surface area contributed by atoms with Crippen LogP contribution in [-0.4, -0.2) is 43.6 Å². The number of esters is 2. The van der Waals surface area contributed by atoms with Crippen molar-refractivity contribution in [2.75, 3.05) is 23.7 Å². The number of carbonyl (C=O) groups excluding carboxylic acids is 4. The summed E-state index contributed by atoms with van der Waals surface area (Å²) in [5.41, 5.74) is 0.990. The van der Waals surface area contributed by atoms with Gasteiger partial charge in [0.05, 0.1) is 25.0 Å². The molecule has 5 rings (SSSR count). The zero-order valence-electron chi connectivity index (χ0n) is 19.6. The second kappa shape index (κ2) is 9.49. The Bertz CT molecular complexity index is 1340. The molecule has 0 radical (unpaired) electrons. The van der Waals surface area contributed by atoms with E-state index in [0.29, 0.717) is 11.3 Å². The second-order valence-electron chi connectivity index (χ2n) is 8.13. The Hall–Kier alpha value is -3.54. The highest BCUT2D eigenvalue weighted by Gasteiger charge is 2.61. The normalized spacial score (nSPS) is 21.1. The number of amides is 2. The number of benzene rings is 1. The third kappa shape index (κ3) is 3.71. The van der Waals surface area contributed by atoms with Gasteiger partial charge in [0.25, 0.3) is 5.91 Å².